The van der Waals surface area contributed by atoms with Gasteiger partial charge in [0.25, 0.3) is 5.69 Å². The minimum absolute atomic E-state index is 0.0686. The fraction of sp³-hybridized carbons (Fsp3) is 0.417. The highest BCUT2D eigenvalue weighted by Gasteiger charge is 2.27. The van der Waals surface area contributed by atoms with Crippen molar-refractivity contribution >= 4 is 23.6 Å². The van der Waals surface area contributed by atoms with Crippen molar-refractivity contribution in [3.63, 3.8) is 0 Å². The summed E-state index contributed by atoms with van der Waals surface area (Å²) in [5, 5.41) is 11.2. The summed E-state index contributed by atoms with van der Waals surface area (Å²) < 4.78 is 5.67. The van der Waals surface area contributed by atoms with E-state index in [1.165, 1.54) is 11.6 Å². The fourth-order valence-corrected chi connectivity index (χ4v) is 4.28. The first-order valence-corrected chi connectivity index (χ1v) is 10.9. The molecule has 0 saturated heterocycles. The number of aldehydes is 1. The molecule has 1 aliphatic heterocycles. The van der Waals surface area contributed by atoms with E-state index in [-0.39, 0.29) is 23.2 Å². The molecule has 3 rings (SSSR count). The van der Waals surface area contributed by atoms with Gasteiger partial charge in [-0.3, -0.25) is 19.7 Å². The van der Waals surface area contributed by atoms with Crippen LogP contribution in [-0.2, 0) is 11.2 Å². The molecule has 0 spiro atoms. The predicted molar refractivity (Wildman–Crippen MR) is 122 cm³/mol. The number of rotatable bonds is 11. The highest BCUT2D eigenvalue weighted by Crippen LogP contribution is 2.30. The third kappa shape index (κ3) is 5.43. The molecule has 1 atom stereocenters. The van der Waals surface area contributed by atoms with Crippen LogP contribution >= 0.6 is 0 Å². The second-order valence-electron chi connectivity index (χ2n) is 8.09. The van der Waals surface area contributed by atoms with Crippen LogP contribution in [0.5, 0.6) is 5.75 Å². The molecule has 32 heavy (non-hydrogen) atoms. The lowest BCUT2D eigenvalue weighted by Gasteiger charge is -2.36. The Morgan fingerprint density at radius 1 is 1.28 bits per heavy atom. The molecular formula is C24H29N3O5. The maximum Gasteiger partial charge on any atom is 0.283 e. The SMILES string of the molecule is Cc1cc(OCCCCCC(C(N)=O)N2CCCc3ccccc32)cc([N+](=O)[O-])c1C=O. The summed E-state index contributed by atoms with van der Waals surface area (Å²) in [4.78, 5) is 36.0. The van der Waals surface area contributed by atoms with Crippen LogP contribution in [-0.4, -0.2) is 36.3 Å². The molecule has 1 heterocycles. The zero-order valence-corrected chi connectivity index (χ0v) is 18.3. The number of hydrogen-bond donors (Lipinski definition) is 1. The molecule has 1 amide bonds. The number of hydrogen-bond acceptors (Lipinski definition) is 6. The summed E-state index contributed by atoms with van der Waals surface area (Å²) in [5.41, 5.74) is 8.41. The van der Waals surface area contributed by atoms with Crippen LogP contribution in [0.3, 0.4) is 0 Å². The molecule has 0 aromatic heterocycles. The van der Waals surface area contributed by atoms with Crippen LogP contribution in [0.1, 0.15) is 53.6 Å². The molecule has 8 heteroatoms. The number of anilines is 1. The van der Waals surface area contributed by atoms with Crippen LogP contribution in [0.15, 0.2) is 36.4 Å². The lowest BCUT2D eigenvalue weighted by atomic mass is 9.97. The van der Waals surface area contributed by atoms with Gasteiger partial charge in [-0.05, 0) is 62.3 Å². The number of primary amides is 1. The monoisotopic (exact) mass is 439 g/mol. The molecule has 0 bridgehead atoms. The first-order valence-electron chi connectivity index (χ1n) is 10.9. The van der Waals surface area contributed by atoms with Crippen molar-refractivity contribution in [3.8, 4) is 5.75 Å². The van der Waals surface area contributed by atoms with E-state index in [9.17, 15) is 19.7 Å². The molecular weight excluding hydrogens is 410 g/mol. The molecule has 0 radical (unpaired) electrons. The summed E-state index contributed by atoms with van der Waals surface area (Å²) in [7, 11) is 0. The number of fused-ring (bicyclic) bond motifs is 1. The van der Waals surface area contributed by atoms with Gasteiger partial charge in [0, 0.05) is 12.2 Å². The Bertz CT molecular complexity index is 992. The second-order valence-corrected chi connectivity index (χ2v) is 8.09. The van der Waals surface area contributed by atoms with Crippen molar-refractivity contribution in [3.05, 3.63) is 63.2 Å². The smallest absolute Gasteiger partial charge is 0.283 e. The Morgan fingerprint density at radius 3 is 2.78 bits per heavy atom. The number of carbonyl (C=O) groups excluding carboxylic acids is 2. The highest BCUT2D eigenvalue weighted by molar-refractivity contribution is 5.84. The molecule has 2 N–H and O–H groups in total. The summed E-state index contributed by atoms with van der Waals surface area (Å²) in [5.74, 6) is 0.0655. The van der Waals surface area contributed by atoms with Crippen molar-refractivity contribution in [1.82, 2.24) is 0 Å². The number of para-hydroxylation sites is 1. The topological polar surface area (TPSA) is 116 Å². The number of carbonyl (C=O) groups is 2. The van der Waals surface area contributed by atoms with Crippen molar-refractivity contribution in [2.24, 2.45) is 5.73 Å². The molecule has 2 aromatic carbocycles. The largest absolute Gasteiger partial charge is 0.493 e. The van der Waals surface area contributed by atoms with Crippen LogP contribution in [0.2, 0.25) is 0 Å². The molecule has 8 nitrogen and oxygen atoms in total. The van der Waals surface area contributed by atoms with E-state index < -0.39 is 4.92 Å². The average molecular weight is 440 g/mol. The van der Waals surface area contributed by atoms with Gasteiger partial charge in [0.1, 0.15) is 11.8 Å². The predicted octanol–water partition coefficient (Wildman–Crippen LogP) is 3.96. The van der Waals surface area contributed by atoms with E-state index in [0.29, 0.717) is 30.6 Å². The van der Waals surface area contributed by atoms with Crippen molar-refractivity contribution < 1.29 is 19.2 Å². The van der Waals surface area contributed by atoms with Gasteiger partial charge < -0.3 is 15.4 Å². The number of nitro benzene ring substituents is 1. The van der Waals surface area contributed by atoms with Crippen molar-refractivity contribution in [1.29, 1.82) is 0 Å². The summed E-state index contributed by atoms with van der Waals surface area (Å²) in [6.45, 7) is 2.86. The fourth-order valence-electron chi connectivity index (χ4n) is 4.28. The molecule has 1 unspecified atom stereocenters. The number of benzene rings is 2. The normalized spacial score (nSPS) is 13.8. The first kappa shape index (κ1) is 23.2. The van der Waals surface area contributed by atoms with Gasteiger partial charge in [-0.25, -0.2) is 0 Å². The van der Waals surface area contributed by atoms with E-state index in [4.69, 9.17) is 10.5 Å². The lowest BCUT2D eigenvalue weighted by molar-refractivity contribution is -0.385. The maximum absolute atomic E-state index is 12.2. The van der Waals surface area contributed by atoms with Crippen molar-refractivity contribution in [2.45, 2.75) is 51.5 Å². The molecule has 1 aliphatic rings. The van der Waals surface area contributed by atoms with Gasteiger partial charge in [0.15, 0.2) is 6.29 Å². The Kier molecular flexibility index (Phi) is 7.81. The Balaban J connectivity index is 1.50. The highest BCUT2D eigenvalue weighted by atomic mass is 16.6. The third-order valence-corrected chi connectivity index (χ3v) is 5.89. The molecule has 0 aliphatic carbocycles. The number of nitrogens with two attached hydrogens (primary N) is 1. The Labute approximate surface area is 187 Å². The summed E-state index contributed by atoms with van der Waals surface area (Å²) >= 11 is 0. The Morgan fingerprint density at radius 2 is 2.06 bits per heavy atom. The van der Waals surface area contributed by atoms with Gasteiger partial charge in [0.2, 0.25) is 5.91 Å². The second kappa shape index (κ2) is 10.7. The van der Waals surface area contributed by atoms with Crippen LogP contribution in [0.4, 0.5) is 11.4 Å². The van der Waals surface area contributed by atoms with E-state index in [0.717, 1.165) is 44.3 Å². The van der Waals surface area contributed by atoms with Crippen molar-refractivity contribution in [2.75, 3.05) is 18.1 Å². The van der Waals surface area contributed by atoms with Gasteiger partial charge in [0.05, 0.1) is 23.2 Å². The molecule has 2 aromatic rings. The Hall–Kier alpha value is -3.42. The van der Waals surface area contributed by atoms with E-state index >= 15 is 0 Å². The van der Waals surface area contributed by atoms with E-state index in [1.54, 1.807) is 13.0 Å². The third-order valence-electron chi connectivity index (χ3n) is 5.89. The number of aryl methyl sites for hydroxylation is 2. The summed E-state index contributed by atoms with van der Waals surface area (Å²) in [6, 6.07) is 10.7. The molecule has 170 valence electrons. The van der Waals surface area contributed by atoms with Gasteiger partial charge in [-0.2, -0.15) is 0 Å². The number of nitrogens with zero attached hydrogens (tertiary/aromatic N) is 2. The average Bonchev–Trinajstić information content (AvgIpc) is 2.77. The van der Waals surface area contributed by atoms with Crippen LogP contribution in [0, 0.1) is 17.0 Å². The van der Waals surface area contributed by atoms with Gasteiger partial charge >= 0.3 is 0 Å². The maximum atomic E-state index is 12.2. The van der Waals surface area contributed by atoms with Crippen LogP contribution < -0.4 is 15.4 Å². The number of unbranched alkanes of at least 4 members (excludes halogenated alkanes) is 2. The minimum Gasteiger partial charge on any atom is -0.493 e. The number of ether oxygens (including phenoxy) is 1. The van der Waals surface area contributed by atoms with Gasteiger partial charge in [-0.1, -0.05) is 24.6 Å². The van der Waals surface area contributed by atoms with E-state index in [1.807, 2.05) is 12.1 Å². The first-order chi connectivity index (χ1) is 15.4. The standard InChI is InChI=1S/C24H29N3O5/c1-17-14-19(15-23(27(30)31)20(17)16-28)32-13-6-2-3-11-22(24(25)29)26-12-7-9-18-8-4-5-10-21(18)26/h4-5,8,10,14-16,22H,2-3,6-7,9,11-13H2,1H3,(H2,25,29). The molecule has 0 saturated carbocycles. The number of nitro groups is 1. The van der Waals surface area contributed by atoms with Crippen LogP contribution in [0.25, 0.3) is 0 Å². The van der Waals surface area contributed by atoms with E-state index in [2.05, 4.69) is 17.0 Å². The number of amides is 1. The quantitative estimate of drug-likeness (QED) is 0.245. The zero-order chi connectivity index (χ0) is 23.1. The minimum atomic E-state index is -0.577. The molecule has 0 fully saturated rings. The summed E-state index contributed by atoms with van der Waals surface area (Å²) in [6.07, 6.45) is 5.58. The van der Waals surface area contributed by atoms with Gasteiger partial charge in [-0.15, -0.1) is 0 Å². The zero-order valence-electron chi connectivity index (χ0n) is 18.3. The lowest BCUT2D eigenvalue weighted by Crippen LogP contribution is -2.47.